The molecule has 2 N–H and O–H groups in total. The first-order valence-electron chi connectivity index (χ1n) is 10.5. The minimum Gasteiger partial charge on any atom is -0.486 e. The zero-order chi connectivity index (χ0) is 23.5. The predicted octanol–water partition coefficient (Wildman–Crippen LogP) is 4.61. The number of para-hydroxylation sites is 1. The Hall–Kier alpha value is -4.53. The number of halogens is 1. The molecule has 0 aliphatic carbocycles. The molecule has 0 atom stereocenters. The number of hydrogen-bond acceptors (Lipinski definition) is 6. The maximum Gasteiger partial charge on any atom is 0.293 e. The van der Waals surface area contributed by atoms with E-state index < -0.39 is 17.6 Å². The maximum absolute atomic E-state index is 13.1. The Morgan fingerprint density at radius 2 is 1.68 bits per heavy atom. The van der Waals surface area contributed by atoms with E-state index in [4.69, 9.17) is 18.6 Å². The molecular weight excluding hydrogens is 443 g/mol. The lowest BCUT2D eigenvalue weighted by atomic mass is 10.2. The lowest BCUT2D eigenvalue weighted by Gasteiger charge is -2.18. The van der Waals surface area contributed by atoms with Crippen LogP contribution in [0.3, 0.4) is 0 Å². The molecule has 172 valence electrons. The van der Waals surface area contributed by atoms with E-state index in [1.54, 1.807) is 42.5 Å². The summed E-state index contributed by atoms with van der Waals surface area (Å²) in [6.07, 6.45) is 0. The fraction of sp³-hybridized carbons (Fsp3) is 0.120. The molecule has 0 bridgehead atoms. The van der Waals surface area contributed by atoms with Gasteiger partial charge in [-0.1, -0.05) is 12.1 Å². The van der Waals surface area contributed by atoms with Gasteiger partial charge in [0.05, 0.1) is 0 Å². The highest BCUT2D eigenvalue weighted by molar-refractivity contribution is 6.14. The van der Waals surface area contributed by atoms with Crippen LogP contribution in [0, 0.1) is 5.82 Å². The molecule has 5 rings (SSSR count). The summed E-state index contributed by atoms with van der Waals surface area (Å²) in [5.41, 5.74) is 1.13. The second kappa shape index (κ2) is 9.14. The van der Waals surface area contributed by atoms with Gasteiger partial charge in [0.25, 0.3) is 11.8 Å². The van der Waals surface area contributed by atoms with E-state index >= 15 is 0 Å². The summed E-state index contributed by atoms with van der Waals surface area (Å²) in [5.74, 6) is -0.0687. The zero-order valence-corrected chi connectivity index (χ0v) is 17.8. The van der Waals surface area contributed by atoms with E-state index in [1.165, 1.54) is 24.3 Å². The number of carbonyl (C=O) groups is 2. The van der Waals surface area contributed by atoms with Crippen LogP contribution in [0.5, 0.6) is 17.2 Å². The van der Waals surface area contributed by atoms with Crippen molar-refractivity contribution in [2.45, 2.75) is 0 Å². The quantitative estimate of drug-likeness (QED) is 0.434. The average Bonchev–Trinajstić information content (AvgIpc) is 3.22. The molecule has 9 heteroatoms. The van der Waals surface area contributed by atoms with Gasteiger partial charge in [0, 0.05) is 17.1 Å². The lowest BCUT2D eigenvalue weighted by molar-refractivity contribution is -0.118. The van der Waals surface area contributed by atoms with Gasteiger partial charge in [-0.05, 0) is 48.5 Å². The number of benzene rings is 3. The molecule has 1 aliphatic rings. The molecule has 0 saturated heterocycles. The highest BCUT2D eigenvalue weighted by atomic mass is 19.1. The van der Waals surface area contributed by atoms with E-state index in [9.17, 15) is 14.0 Å². The van der Waals surface area contributed by atoms with Crippen LogP contribution in [-0.4, -0.2) is 31.6 Å². The molecule has 34 heavy (non-hydrogen) atoms. The van der Waals surface area contributed by atoms with Gasteiger partial charge in [-0.15, -0.1) is 0 Å². The monoisotopic (exact) mass is 462 g/mol. The normalized spacial score (nSPS) is 12.3. The highest BCUT2D eigenvalue weighted by Gasteiger charge is 2.23. The molecule has 0 spiro atoms. The topological polar surface area (TPSA) is 99.0 Å². The van der Waals surface area contributed by atoms with Crippen LogP contribution in [0.2, 0.25) is 0 Å². The van der Waals surface area contributed by atoms with Gasteiger partial charge in [0.1, 0.15) is 36.1 Å². The van der Waals surface area contributed by atoms with Crippen molar-refractivity contribution in [3.05, 3.63) is 78.3 Å². The molecule has 0 fully saturated rings. The first-order valence-corrected chi connectivity index (χ1v) is 10.5. The van der Waals surface area contributed by atoms with E-state index in [-0.39, 0.29) is 18.1 Å². The van der Waals surface area contributed by atoms with Crippen molar-refractivity contribution in [3.8, 4) is 17.2 Å². The van der Waals surface area contributed by atoms with Crippen LogP contribution in [0.1, 0.15) is 10.6 Å². The predicted molar refractivity (Wildman–Crippen MR) is 122 cm³/mol. The van der Waals surface area contributed by atoms with Crippen molar-refractivity contribution >= 4 is 34.2 Å². The standard InChI is InChI=1S/C25H19FN2O6/c26-15-5-8-17(9-6-15)33-14-22(29)28-23-18-3-1-2-4-19(18)34-24(23)25(30)27-16-7-10-20-21(13-16)32-12-11-31-20/h1-10,13H,11-12,14H2,(H,27,30)(H,28,29). The average molecular weight is 462 g/mol. The molecule has 2 amide bonds. The van der Waals surface area contributed by atoms with Gasteiger partial charge in [-0.25, -0.2) is 4.39 Å². The fourth-order valence-electron chi connectivity index (χ4n) is 3.49. The van der Waals surface area contributed by atoms with Crippen molar-refractivity contribution in [2.75, 3.05) is 30.5 Å². The van der Waals surface area contributed by atoms with Crippen LogP contribution in [-0.2, 0) is 4.79 Å². The number of furan rings is 1. The Kier molecular flexibility index (Phi) is 5.73. The summed E-state index contributed by atoms with van der Waals surface area (Å²) in [5, 5.41) is 6.01. The second-order valence-electron chi connectivity index (χ2n) is 7.41. The number of amides is 2. The molecular formula is C25H19FN2O6. The summed E-state index contributed by atoms with van der Waals surface area (Å²) >= 11 is 0. The third-order valence-corrected chi connectivity index (χ3v) is 5.05. The van der Waals surface area contributed by atoms with Crippen LogP contribution in [0.4, 0.5) is 15.8 Å². The van der Waals surface area contributed by atoms with Crippen LogP contribution >= 0.6 is 0 Å². The molecule has 1 aromatic heterocycles. The van der Waals surface area contributed by atoms with Gasteiger partial charge < -0.3 is 29.3 Å². The van der Waals surface area contributed by atoms with E-state index in [2.05, 4.69) is 10.6 Å². The van der Waals surface area contributed by atoms with Gasteiger partial charge in [0.15, 0.2) is 18.1 Å². The highest BCUT2D eigenvalue weighted by Crippen LogP contribution is 2.34. The number of anilines is 2. The number of fused-ring (bicyclic) bond motifs is 2. The number of ether oxygens (including phenoxy) is 3. The Morgan fingerprint density at radius 3 is 2.50 bits per heavy atom. The smallest absolute Gasteiger partial charge is 0.293 e. The third-order valence-electron chi connectivity index (χ3n) is 5.05. The molecule has 2 heterocycles. The van der Waals surface area contributed by atoms with E-state index in [1.807, 2.05) is 0 Å². The Bertz CT molecular complexity index is 1370. The Balaban J connectivity index is 1.35. The molecule has 4 aromatic rings. The fourth-order valence-corrected chi connectivity index (χ4v) is 3.49. The minimum atomic E-state index is -0.553. The second-order valence-corrected chi connectivity index (χ2v) is 7.41. The van der Waals surface area contributed by atoms with Crippen molar-refractivity contribution in [2.24, 2.45) is 0 Å². The van der Waals surface area contributed by atoms with Crippen molar-refractivity contribution in [3.63, 3.8) is 0 Å². The van der Waals surface area contributed by atoms with Crippen molar-refractivity contribution in [1.29, 1.82) is 0 Å². The minimum absolute atomic E-state index is 0.0637. The van der Waals surface area contributed by atoms with Gasteiger partial charge in [-0.2, -0.15) is 0 Å². The number of carbonyl (C=O) groups excluding carboxylic acids is 2. The summed E-state index contributed by atoms with van der Waals surface area (Å²) in [7, 11) is 0. The molecule has 0 saturated carbocycles. The number of nitrogens with one attached hydrogen (secondary N) is 2. The van der Waals surface area contributed by atoms with Crippen LogP contribution in [0.25, 0.3) is 11.0 Å². The molecule has 8 nitrogen and oxygen atoms in total. The van der Waals surface area contributed by atoms with Crippen LogP contribution in [0.15, 0.2) is 71.1 Å². The lowest BCUT2D eigenvalue weighted by Crippen LogP contribution is -2.22. The number of hydrogen-bond donors (Lipinski definition) is 2. The largest absolute Gasteiger partial charge is 0.486 e. The first-order chi connectivity index (χ1) is 16.6. The van der Waals surface area contributed by atoms with E-state index in [0.717, 1.165) is 0 Å². The summed E-state index contributed by atoms with van der Waals surface area (Å²) in [6, 6.07) is 17.3. The van der Waals surface area contributed by atoms with Crippen molar-refractivity contribution < 1.29 is 32.6 Å². The Labute approximate surface area is 193 Å². The third kappa shape index (κ3) is 4.49. The van der Waals surface area contributed by atoms with Crippen molar-refractivity contribution in [1.82, 2.24) is 0 Å². The summed E-state index contributed by atoms with van der Waals surface area (Å²) in [4.78, 5) is 25.6. The van der Waals surface area contributed by atoms with Gasteiger partial charge >= 0.3 is 0 Å². The summed E-state index contributed by atoms with van der Waals surface area (Å²) < 4.78 is 35.3. The van der Waals surface area contributed by atoms with E-state index in [0.29, 0.717) is 47.1 Å². The molecule has 0 unspecified atom stereocenters. The van der Waals surface area contributed by atoms with Gasteiger partial charge in [-0.3, -0.25) is 9.59 Å². The first kappa shape index (κ1) is 21.3. The maximum atomic E-state index is 13.1. The van der Waals surface area contributed by atoms with Crippen LogP contribution < -0.4 is 24.8 Å². The molecule has 1 aliphatic heterocycles. The molecule has 3 aromatic carbocycles. The molecule has 0 radical (unpaired) electrons. The van der Waals surface area contributed by atoms with Gasteiger partial charge in [0.2, 0.25) is 5.76 Å². The SMILES string of the molecule is O=C(COc1ccc(F)cc1)Nc1c(C(=O)Nc2ccc3c(c2)OCCO3)oc2ccccc12. The Morgan fingerprint density at radius 1 is 0.912 bits per heavy atom. The summed E-state index contributed by atoms with van der Waals surface area (Å²) in [6.45, 7) is 0.546. The zero-order valence-electron chi connectivity index (χ0n) is 17.8. The number of rotatable bonds is 6.